The lowest BCUT2D eigenvalue weighted by atomic mass is 9.99. The number of nitrogens with zero attached hydrogens (tertiary/aromatic N) is 8. The number of carbonyl (C=O) groups excluding carboxylic acids is 1. The van der Waals surface area contributed by atoms with E-state index < -0.39 is 24.9 Å². The highest BCUT2D eigenvalue weighted by Gasteiger charge is 2.38. The highest BCUT2D eigenvalue weighted by atomic mass is 19.3. The summed E-state index contributed by atoms with van der Waals surface area (Å²) in [5.41, 5.74) is 1.86. The predicted molar refractivity (Wildman–Crippen MR) is 112 cm³/mol. The van der Waals surface area contributed by atoms with Crippen LogP contribution in [0, 0.1) is 0 Å². The lowest BCUT2D eigenvalue weighted by molar-refractivity contribution is 0.0566. The molecule has 15 heteroatoms. The third-order valence-corrected chi connectivity index (χ3v) is 5.88. The van der Waals surface area contributed by atoms with E-state index in [1.54, 1.807) is 12.1 Å². The molecule has 1 aliphatic heterocycles. The molecular weight excluding hydrogens is 486 g/mol. The molecule has 0 fully saturated rings. The van der Waals surface area contributed by atoms with Crippen molar-refractivity contribution in [1.82, 2.24) is 44.5 Å². The van der Waals surface area contributed by atoms with Crippen molar-refractivity contribution in [2.24, 2.45) is 0 Å². The average Bonchev–Trinajstić information content (AvgIpc) is 3.66. The molecule has 1 amide bonds. The Kier molecular flexibility index (Phi) is 5.05. The Hall–Kier alpha value is -4.56. The number of alkyl halides is 4. The maximum atomic E-state index is 13.5. The van der Waals surface area contributed by atoms with E-state index in [-0.39, 0.29) is 29.6 Å². The van der Waals surface area contributed by atoms with Crippen molar-refractivity contribution in [2.45, 2.75) is 25.4 Å². The second-order valence-corrected chi connectivity index (χ2v) is 7.97. The Balaban J connectivity index is 1.38. The van der Waals surface area contributed by atoms with Crippen molar-refractivity contribution in [3.8, 4) is 11.5 Å². The summed E-state index contributed by atoms with van der Waals surface area (Å²) in [7, 11) is 0. The van der Waals surface area contributed by atoms with E-state index in [0.29, 0.717) is 28.0 Å². The molecular formula is C21H15F4N9O2. The van der Waals surface area contributed by atoms with Gasteiger partial charge in [-0.25, -0.2) is 23.0 Å². The van der Waals surface area contributed by atoms with Crippen LogP contribution in [0.25, 0.3) is 17.0 Å². The van der Waals surface area contributed by atoms with Gasteiger partial charge in [-0.3, -0.25) is 4.79 Å². The summed E-state index contributed by atoms with van der Waals surface area (Å²) in [6.45, 7) is -2.63. The van der Waals surface area contributed by atoms with Gasteiger partial charge in [-0.2, -0.15) is 19.0 Å². The van der Waals surface area contributed by atoms with Crippen LogP contribution < -0.4 is 0 Å². The van der Waals surface area contributed by atoms with Crippen LogP contribution in [0.15, 0.2) is 47.4 Å². The minimum absolute atomic E-state index is 0.117. The molecule has 0 aromatic carbocycles. The summed E-state index contributed by atoms with van der Waals surface area (Å²) in [5.74, 6) is -1.19. The summed E-state index contributed by atoms with van der Waals surface area (Å²) in [4.78, 5) is 22.2. The zero-order chi connectivity index (χ0) is 25.0. The fraction of sp³-hybridized carbons (Fsp3) is 0.238. The van der Waals surface area contributed by atoms with E-state index in [9.17, 15) is 22.4 Å². The van der Waals surface area contributed by atoms with E-state index >= 15 is 0 Å². The first-order chi connectivity index (χ1) is 17.4. The average molecular weight is 501 g/mol. The topological polar surface area (TPSA) is 123 Å². The Morgan fingerprint density at radius 3 is 2.83 bits per heavy atom. The molecule has 0 unspecified atom stereocenters. The van der Waals surface area contributed by atoms with Crippen LogP contribution in [0.2, 0.25) is 0 Å². The highest BCUT2D eigenvalue weighted by molar-refractivity contribution is 5.90. The minimum atomic E-state index is -2.85. The molecule has 0 saturated carbocycles. The van der Waals surface area contributed by atoms with Crippen molar-refractivity contribution in [2.75, 3.05) is 6.54 Å². The Bertz CT molecular complexity index is 1570. The Morgan fingerprint density at radius 2 is 2.06 bits per heavy atom. The molecule has 5 aromatic heterocycles. The van der Waals surface area contributed by atoms with E-state index in [4.69, 9.17) is 4.42 Å². The van der Waals surface area contributed by atoms with Crippen LogP contribution in [-0.4, -0.2) is 56.9 Å². The van der Waals surface area contributed by atoms with Crippen molar-refractivity contribution in [1.29, 1.82) is 0 Å². The van der Waals surface area contributed by atoms with Crippen molar-refractivity contribution in [3.05, 3.63) is 71.7 Å². The van der Waals surface area contributed by atoms with Gasteiger partial charge in [-0.05, 0) is 18.2 Å². The van der Waals surface area contributed by atoms with Gasteiger partial charge in [0.05, 0.1) is 35.0 Å². The van der Waals surface area contributed by atoms with Crippen LogP contribution in [0.1, 0.15) is 52.5 Å². The second-order valence-electron chi connectivity index (χ2n) is 7.97. The van der Waals surface area contributed by atoms with Gasteiger partial charge in [-0.1, -0.05) is 6.07 Å². The van der Waals surface area contributed by atoms with Gasteiger partial charge in [0.15, 0.2) is 0 Å². The number of aromatic nitrogens is 8. The molecule has 0 bridgehead atoms. The Morgan fingerprint density at radius 1 is 1.19 bits per heavy atom. The SMILES string of the molecule is O=C(c1nnc(-c2cnn(C(F)F)c2)o1)N1CCc2[nH]cnc2[C@H]1c1cc2cccc(C(F)F)n2n1. The molecule has 5 aromatic rings. The van der Waals surface area contributed by atoms with Gasteiger partial charge in [0, 0.05) is 24.9 Å². The largest absolute Gasteiger partial charge is 0.412 e. The molecule has 6 heterocycles. The molecule has 184 valence electrons. The highest BCUT2D eigenvalue weighted by Crippen LogP contribution is 2.35. The monoisotopic (exact) mass is 501 g/mol. The van der Waals surface area contributed by atoms with Gasteiger partial charge in [-0.15, -0.1) is 10.2 Å². The summed E-state index contributed by atoms with van der Waals surface area (Å²) in [6.07, 6.45) is 1.30. The number of imidazole rings is 1. The normalized spacial score (nSPS) is 15.8. The van der Waals surface area contributed by atoms with Crippen molar-refractivity contribution in [3.63, 3.8) is 0 Å². The third-order valence-electron chi connectivity index (χ3n) is 5.88. The zero-order valence-corrected chi connectivity index (χ0v) is 18.1. The number of amides is 1. The lowest BCUT2D eigenvalue weighted by Crippen LogP contribution is -2.41. The number of fused-ring (bicyclic) bond motifs is 2. The van der Waals surface area contributed by atoms with E-state index in [1.807, 2.05) is 0 Å². The molecule has 1 aliphatic rings. The Labute approximate surface area is 198 Å². The van der Waals surface area contributed by atoms with Gasteiger partial charge < -0.3 is 14.3 Å². The molecule has 0 radical (unpaired) electrons. The fourth-order valence-corrected chi connectivity index (χ4v) is 4.25. The molecule has 1 atom stereocenters. The standard InChI is InChI=1S/C21H15F4N9O2/c22-17(23)14-3-1-2-11-6-13(31-34(11)14)16-15-12(26-9-27-15)4-5-32(16)20(35)19-30-29-18(36-19)10-7-28-33(8-10)21(24)25/h1-3,6-9,16-17,21H,4-5H2,(H,26,27)/t16-/m1/s1. The lowest BCUT2D eigenvalue weighted by Gasteiger charge is -2.32. The predicted octanol–water partition coefficient (Wildman–Crippen LogP) is 3.42. The number of nitrogens with one attached hydrogen (secondary N) is 1. The molecule has 11 nitrogen and oxygen atoms in total. The molecule has 36 heavy (non-hydrogen) atoms. The number of carbonyl (C=O) groups is 1. The molecule has 1 N–H and O–H groups in total. The van der Waals surface area contributed by atoms with E-state index in [2.05, 4.69) is 30.4 Å². The molecule has 0 saturated heterocycles. The van der Waals surface area contributed by atoms with Gasteiger partial charge in [0.1, 0.15) is 11.7 Å². The number of pyridine rings is 1. The molecule has 0 aliphatic carbocycles. The van der Waals surface area contributed by atoms with Crippen LogP contribution in [-0.2, 0) is 6.42 Å². The number of hydrogen-bond donors (Lipinski definition) is 1. The second kappa shape index (κ2) is 8.28. The summed E-state index contributed by atoms with van der Waals surface area (Å²) >= 11 is 0. The number of hydrogen-bond acceptors (Lipinski definition) is 7. The minimum Gasteiger partial charge on any atom is -0.412 e. The number of halogens is 4. The van der Waals surface area contributed by atoms with E-state index in [1.165, 1.54) is 23.4 Å². The van der Waals surface area contributed by atoms with Crippen molar-refractivity contribution < 1.29 is 26.8 Å². The van der Waals surface area contributed by atoms with Crippen LogP contribution in [0.5, 0.6) is 0 Å². The van der Waals surface area contributed by atoms with Gasteiger partial charge in [0.2, 0.25) is 0 Å². The summed E-state index contributed by atoms with van der Waals surface area (Å²) in [5, 5.41) is 15.5. The summed E-state index contributed by atoms with van der Waals surface area (Å²) in [6, 6.07) is 5.19. The quantitative estimate of drug-likeness (QED) is 0.366. The number of rotatable bonds is 5. The fourth-order valence-electron chi connectivity index (χ4n) is 4.25. The first kappa shape index (κ1) is 21.9. The number of H-pyrrole nitrogens is 1. The van der Waals surface area contributed by atoms with Crippen LogP contribution in [0.3, 0.4) is 0 Å². The maximum absolute atomic E-state index is 13.5. The number of aromatic amines is 1. The molecule has 6 rings (SSSR count). The maximum Gasteiger partial charge on any atom is 0.333 e. The van der Waals surface area contributed by atoms with Gasteiger partial charge >= 0.3 is 18.3 Å². The first-order valence-electron chi connectivity index (χ1n) is 10.7. The van der Waals surface area contributed by atoms with E-state index in [0.717, 1.165) is 22.6 Å². The third kappa shape index (κ3) is 3.50. The van der Waals surface area contributed by atoms with Crippen LogP contribution >= 0.6 is 0 Å². The molecule has 0 spiro atoms. The first-order valence-corrected chi connectivity index (χ1v) is 10.7. The zero-order valence-electron chi connectivity index (χ0n) is 18.1. The van der Waals surface area contributed by atoms with Crippen LogP contribution in [0.4, 0.5) is 17.6 Å². The summed E-state index contributed by atoms with van der Waals surface area (Å²) < 4.78 is 59.8. The van der Waals surface area contributed by atoms with Crippen molar-refractivity contribution >= 4 is 11.4 Å². The smallest absolute Gasteiger partial charge is 0.333 e. The van der Waals surface area contributed by atoms with Gasteiger partial charge in [0.25, 0.3) is 12.3 Å².